The number of pyridine rings is 1. The van der Waals surface area contributed by atoms with Crippen molar-refractivity contribution in [1.82, 2.24) is 4.98 Å². The number of aryl methyl sites for hydroxylation is 1. The van der Waals surface area contributed by atoms with Crippen molar-refractivity contribution in [2.24, 2.45) is 5.41 Å². The third kappa shape index (κ3) is 5.49. The molecule has 1 aromatic heterocycles. The summed E-state index contributed by atoms with van der Waals surface area (Å²) in [6.07, 6.45) is 1.57. The standard InChI is InChI=1S/C25H31F3N2O3/c1-14-19(22(23(31)32)33-24(2,3)4)21(30-9-7-25(5,6)8-10-30)17(13-29-14)16-11-15(26)12-18(27)20(16)28/h11-13,22H,7-10H2,1-6H3,(H,31,32). The summed E-state index contributed by atoms with van der Waals surface area (Å²) in [5, 5.41) is 10.1. The van der Waals surface area contributed by atoms with E-state index in [-0.39, 0.29) is 22.1 Å². The lowest BCUT2D eigenvalue weighted by atomic mass is 9.82. The smallest absolute Gasteiger partial charge is 0.337 e. The van der Waals surface area contributed by atoms with Crippen LogP contribution in [0.15, 0.2) is 18.3 Å². The van der Waals surface area contributed by atoms with E-state index >= 15 is 0 Å². The van der Waals surface area contributed by atoms with Gasteiger partial charge in [0.25, 0.3) is 0 Å². The topological polar surface area (TPSA) is 62.7 Å². The van der Waals surface area contributed by atoms with E-state index in [1.54, 1.807) is 27.7 Å². The molecule has 8 heteroatoms. The van der Waals surface area contributed by atoms with Gasteiger partial charge in [-0.1, -0.05) is 13.8 Å². The molecular formula is C25H31F3N2O3. The van der Waals surface area contributed by atoms with E-state index in [1.165, 1.54) is 6.20 Å². The number of nitrogens with zero attached hydrogens (tertiary/aromatic N) is 2. The maximum Gasteiger partial charge on any atom is 0.337 e. The molecule has 33 heavy (non-hydrogen) atoms. The Morgan fingerprint density at radius 2 is 1.76 bits per heavy atom. The molecule has 0 radical (unpaired) electrons. The average molecular weight is 465 g/mol. The maximum atomic E-state index is 14.9. The van der Waals surface area contributed by atoms with E-state index in [0.29, 0.717) is 30.5 Å². The molecule has 0 spiro atoms. The predicted octanol–water partition coefficient (Wildman–Crippen LogP) is 6.04. The van der Waals surface area contributed by atoms with Crippen LogP contribution in [0.1, 0.15) is 64.8 Å². The number of hydrogen-bond acceptors (Lipinski definition) is 4. The van der Waals surface area contributed by atoms with Gasteiger partial charge in [0.15, 0.2) is 17.7 Å². The number of anilines is 1. The fraction of sp³-hybridized carbons (Fsp3) is 0.520. The van der Waals surface area contributed by atoms with Gasteiger partial charge in [0, 0.05) is 47.7 Å². The van der Waals surface area contributed by atoms with Crippen LogP contribution in [-0.4, -0.2) is 34.8 Å². The van der Waals surface area contributed by atoms with Crippen molar-refractivity contribution < 1.29 is 27.8 Å². The molecule has 2 aromatic rings. The minimum Gasteiger partial charge on any atom is -0.479 e. The number of carboxylic acid groups (broad SMARTS) is 1. The van der Waals surface area contributed by atoms with Crippen LogP contribution < -0.4 is 4.90 Å². The van der Waals surface area contributed by atoms with Gasteiger partial charge in [-0.3, -0.25) is 4.98 Å². The Kier molecular flexibility index (Phi) is 6.80. The van der Waals surface area contributed by atoms with Crippen LogP contribution in [0.4, 0.5) is 18.9 Å². The Bertz CT molecular complexity index is 1050. The molecule has 180 valence electrons. The Morgan fingerprint density at radius 1 is 1.15 bits per heavy atom. The van der Waals surface area contributed by atoms with Gasteiger partial charge in [0.2, 0.25) is 0 Å². The summed E-state index contributed by atoms with van der Waals surface area (Å²) in [6.45, 7) is 12.3. The van der Waals surface area contributed by atoms with Crippen molar-refractivity contribution in [3.05, 3.63) is 47.0 Å². The van der Waals surface area contributed by atoms with Crippen molar-refractivity contribution >= 4 is 11.7 Å². The number of carboxylic acids is 1. The van der Waals surface area contributed by atoms with Crippen LogP contribution in [0.5, 0.6) is 0 Å². The molecule has 0 saturated carbocycles. The second kappa shape index (κ2) is 8.97. The number of ether oxygens (including phenoxy) is 1. The molecule has 1 aromatic carbocycles. The van der Waals surface area contributed by atoms with Crippen LogP contribution in [0.2, 0.25) is 0 Å². The molecule has 1 aliphatic heterocycles. The van der Waals surface area contributed by atoms with E-state index in [4.69, 9.17) is 4.74 Å². The van der Waals surface area contributed by atoms with Gasteiger partial charge in [-0.2, -0.15) is 0 Å². The maximum absolute atomic E-state index is 14.9. The van der Waals surface area contributed by atoms with E-state index in [9.17, 15) is 23.1 Å². The number of benzene rings is 1. The van der Waals surface area contributed by atoms with Crippen molar-refractivity contribution in [3.63, 3.8) is 0 Å². The first kappa shape index (κ1) is 25.0. The largest absolute Gasteiger partial charge is 0.479 e. The van der Waals surface area contributed by atoms with Crippen LogP contribution in [0, 0.1) is 29.8 Å². The minimum absolute atomic E-state index is 0.0865. The fourth-order valence-corrected chi connectivity index (χ4v) is 4.13. The molecule has 2 heterocycles. The summed E-state index contributed by atoms with van der Waals surface area (Å²) in [4.78, 5) is 18.6. The first-order valence-corrected chi connectivity index (χ1v) is 11.0. The lowest BCUT2D eigenvalue weighted by molar-refractivity contribution is -0.160. The number of rotatable bonds is 5. The SMILES string of the molecule is Cc1ncc(-c2cc(F)cc(F)c2F)c(N2CCC(C)(C)CC2)c1C(OC(C)(C)C)C(=O)O. The highest BCUT2D eigenvalue weighted by Crippen LogP contribution is 2.44. The van der Waals surface area contributed by atoms with E-state index in [2.05, 4.69) is 18.8 Å². The van der Waals surface area contributed by atoms with Gasteiger partial charge in [-0.15, -0.1) is 0 Å². The zero-order chi connectivity index (χ0) is 24.7. The van der Waals surface area contributed by atoms with Crippen molar-refractivity contribution in [1.29, 1.82) is 0 Å². The molecule has 1 atom stereocenters. The molecule has 1 saturated heterocycles. The minimum atomic E-state index is -1.40. The lowest BCUT2D eigenvalue weighted by Gasteiger charge is -2.41. The van der Waals surface area contributed by atoms with E-state index in [1.807, 2.05) is 4.90 Å². The molecule has 0 aliphatic carbocycles. The van der Waals surface area contributed by atoms with Crippen LogP contribution in [-0.2, 0) is 9.53 Å². The first-order valence-electron chi connectivity index (χ1n) is 11.0. The van der Waals surface area contributed by atoms with Gasteiger partial charge in [-0.25, -0.2) is 18.0 Å². The van der Waals surface area contributed by atoms with E-state index in [0.717, 1.165) is 18.9 Å². The van der Waals surface area contributed by atoms with E-state index < -0.39 is 35.1 Å². The molecule has 0 amide bonds. The van der Waals surface area contributed by atoms with Crippen molar-refractivity contribution in [2.75, 3.05) is 18.0 Å². The summed E-state index contributed by atoms with van der Waals surface area (Å²) < 4.78 is 49.0. The summed E-state index contributed by atoms with van der Waals surface area (Å²) in [6, 6.07) is 1.39. The molecular weight excluding hydrogens is 433 g/mol. The van der Waals surface area contributed by atoms with Gasteiger partial charge in [0.1, 0.15) is 5.82 Å². The Balaban J connectivity index is 2.31. The summed E-state index contributed by atoms with van der Waals surface area (Å²) in [5.74, 6) is -4.69. The highest BCUT2D eigenvalue weighted by Gasteiger charge is 2.36. The van der Waals surface area contributed by atoms with Crippen LogP contribution in [0.25, 0.3) is 11.1 Å². The first-order chi connectivity index (χ1) is 15.2. The molecule has 1 fully saturated rings. The second-order valence-corrected chi connectivity index (χ2v) is 10.4. The molecule has 1 aliphatic rings. The lowest BCUT2D eigenvalue weighted by Crippen LogP contribution is -2.39. The number of halogens is 3. The number of aliphatic carboxylic acids is 1. The zero-order valence-corrected chi connectivity index (χ0v) is 19.9. The Morgan fingerprint density at radius 3 is 2.30 bits per heavy atom. The number of aromatic nitrogens is 1. The summed E-state index contributed by atoms with van der Waals surface area (Å²) in [7, 11) is 0. The highest BCUT2D eigenvalue weighted by molar-refractivity contribution is 5.86. The molecule has 1 N–H and O–H groups in total. The van der Waals surface area contributed by atoms with Gasteiger partial charge in [-0.05, 0) is 52.0 Å². The summed E-state index contributed by atoms with van der Waals surface area (Å²) in [5.41, 5.74) is 0.159. The third-order valence-electron chi connectivity index (χ3n) is 5.96. The number of piperidine rings is 1. The van der Waals surface area contributed by atoms with Crippen LogP contribution >= 0.6 is 0 Å². The molecule has 0 bridgehead atoms. The number of carbonyl (C=O) groups is 1. The van der Waals surface area contributed by atoms with Crippen LogP contribution in [0.3, 0.4) is 0 Å². The average Bonchev–Trinajstić information content (AvgIpc) is 2.68. The van der Waals surface area contributed by atoms with Crippen molar-refractivity contribution in [2.45, 2.75) is 66.1 Å². The molecule has 5 nitrogen and oxygen atoms in total. The fourth-order valence-electron chi connectivity index (χ4n) is 4.13. The normalized spacial score (nSPS) is 17.2. The highest BCUT2D eigenvalue weighted by atomic mass is 19.2. The predicted molar refractivity (Wildman–Crippen MR) is 121 cm³/mol. The monoisotopic (exact) mass is 464 g/mol. The van der Waals surface area contributed by atoms with Gasteiger partial charge < -0.3 is 14.7 Å². The quantitative estimate of drug-likeness (QED) is 0.547. The second-order valence-electron chi connectivity index (χ2n) is 10.4. The number of hydrogen-bond donors (Lipinski definition) is 1. The van der Waals surface area contributed by atoms with Gasteiger partial charge >= 0.3 is 5.97 Å². The Labute approximate surface area is 192 Å². The molecule has 1 unspecified atom stereocenters. The van der Waals surface area contributed by atoms with Crippen molar-refractivity contribution in [3.8, 4) is 11.1 Å². The zero-order valence-electron chi connectivity index (χ0n) is 19.9. The Hall–Kier alpha value is -2.61. The molecule has 3 rings (SSSR count). The van der Waals surface area contributed by atoms with Gasteiger partial charge in [0.05, 0.1) is 11.3 Å². The third-order valence-corrected chi connectivity index (χ3v) is 5.96. The summed E-state index contributed by atoms with van der Waals surface area (Å²) >= 11 is 0.